The van der Waals surface area contributed by atoms with E-state index in [1.165, 1.54) is 35.4 Å². The van der Waals surface area contributed by atoms with E-state index in [1.807, 2.05) is 36.4 Å². The van der Waals surface area contributed by atoms with E-state index in [2.05, 4.69) is 0 Å². The molecule has 0 unspecified atom stereocenters. The van der Waals surface area contributed by atoms with Crippen molar-refractivity contribution in [2.75, 3.05) is 6.54 Å². The normalized spacial score (nSPS) is 12.1. The van der Waals surface area contributed by atoms with Crippen molar-refractivity contribution in [2.24, 2.45) is 0 Å². The van der Waals surface area contributed by atoms with Gasteiger partial charge >= 0.3 is 0 Å². The minimum Gasteiger partial charge on any atom is -0.467 e. The van der Waals surface area contributed by atoms with Gasteiger partial charge in [-0.15, -0.1) is 0 Å². The van der Waals surface area contributed by atoms with Gasteiger partial charge in [-0.2, -0.15) is 0 Å². The second kappa shape index (κ2) is 9.89. The monoisotopic (exact) mass is 474 g/mol. The van der Waals surface area contributed by atoms with Gasteiger partial charge in [0.25, 0.3) is 11.6 Å². The largest absolute Gasteiger partial charge is 0.467 e. The van der Waals surface area contributed by atoms with Crippen molar-refractivity contribution in [3.05, 3.63) is 125 Å². The highest BCUT2D eigenvalue weighted by Gasteiger charge is 2.44. The second-order valence-electron chi connectivity index (χ2n) is 7.61. The van der Waals surface area contributed by atoms with Crippen LogP contribution in [0.2, 0.25) is 0 Å². The SMILES string of the molecule is CCN(C(=O)c1ccc([N+](=O)[O-])cc1)[C@H](c1ccco1)P(=O)(c1ccccc1)c1ccccc1. The molecular weight excluding hydrogens is 451 g/mol. The van der Waals surface area contributed by atoms with Gasteiger partial charge in [0.2, 0.25) is 0 Å². The third kappa shape index (κ3) is 4.30. The Kier molecular flexibility index (Phi) is 6.75. The van der Waals surface area contributed by atoms with Crippen molar-refractivity contribution in [3.63, 3.8) is 0 Å². The average Bonchev–Trinajstić information content (AvgIpc) is 3.42. The fraction of sp³-hybridized carbons (Fsp3) is 0.115. The van der Waals surface area contributed by atoms with E-state index >= 15 is 4.57 Å². The van der Waals surface area contributed by atoms with Crippen LogP contribution in [0.3, 0.4) is 0 Å². The van der Waals surface area contributed by atoms with Crippen LogP contribution in [-0.2, 0) is 4.57 Å². The number of amides is 1. The number of rotatable bonds is 8. The van der Waals surface area contributed by atoms with Crippen molar-refractivity contribution < 1.29 is 18.7 Å². The predicted molar refractivity (Wildman–Crippen MR) is 131 cm³/mol. The topological polar surface area (TPSA) is 93.7 Å². The molecule has 4 aromatic rings. The molecule has 0 fully saturated rings. The van der Waals surface area contributed by atoms with Crippen molar-refractivity contribution in [2.45, 2.75) is 12.7 Å². The molecule has 0 bridgehead atoms. The number of hydrogen-bond donors (Lipinski definition) is 0. The van der Waals surface area contributed by atoms with Gasteiger partial charge in [-0.25, -0.2) is 0 Å². The third-order valence-electron chi connectivity index (χ3n) is 5.64. The van der Waals surface area contributed by atoms with E-state index in [0.29, 0.717) is 16.4 Å². The predicted octanol–water partition coefficient (Wildman–Crippen LogP) is 5.36. The molecule has 0 N–H and O–H groups in total. The molecule has 3 aromatic carbocycles. The summed E-state index contributed by atoms with van der Waals surface area (Å²) in [4.78, 5) is 25.7. The summed E-state index contributed by atoms with van der Waals surface area (Å²) in [5.74, 6) is -0.918. The molecule has 0 spiro atoms. The Bertz CT molecular complexity index is 1260. The second-order valence-corrected chi connectivity index (χ2v) is 10.5. The number of nitro benzene ring substituents is 1. The Morgan fingerprint density at radius 3 is 1.91 bits per heavy atom. The average molecular weight is 474 g/mol. The first kappa shape index (κ1) is 23.2. The number of furan rings is 1. The minimum atomic E-state index is -3.49. The fourth-order valence-electron chi connectivity index (χ4n) is 4.02. The molecule has 1 heterocycles. The van der Waals surface area contributed by atoms with Crippen molar-refractivity contribution in [1.29, 1.82) is 0 Å². The molecular formula is C26H23N2O5P. The van der Waals surface area contributed by atoms with Gasteiger partial charge in [-0.1, -0.05) is 60.7 Å². The number of non-ortho nitro benzene ring substituents is 1. The van der Waals surface area contributed by atoms with Gasteiger partial charge in [-0.05, 0) is 31.2 Å². The number of nitrogens with zero attached hydrogens (tertiary/aromatic N) is 2. The molecule has 1 atom stereocenters. The molecule has 0 radical (unpaired) electrons. The number of benzene rings is 3. The third-order valence-corrected chi connectivity index (χ3v) is 9.00. The fourth-order valence-corrected chi connectivity index (χ4v) is 7.28. The lowest BCUT2D eigenvalue weighted by atomic mass is 10.1. The van der Waals surface area contributed by atoms with Crippen molar-refractivity contribution >= 4 is 29.3 Å². The van der Waals surface area contributed by atoms with E-state index < -0.39 is 23.8 Å². The summed E-state index contributed by atoms with van der Waals surface area (Å²) in [5, 5.41) is 12.2. The summed E-state index contributed by atoms with van der Waals surface area (Å²) in [6.45, 7) is 2.05. The molecule has 34 heavy (non-hydrogen) atoms. The Labute approximate surface area is 197 Å². The maximum atomic E-state index is 15.2. The summed E-state index contributed by atoms with van der Waals surface area (Å²) in [6, 6.07) is 27.0. The van der Waals surface area contributed by atoms with E-state index in [1.54, 1.807) is 43.3 Å². The number of carbonyl (C=O) groups excluding carboxylic acids is 1. The van der Waals surface area contributed by atoms with Gasteiger partial charge in [0, 0.05) is 34.9 Å². The highest BCUT2D eigenvalue weighted by Crippen LogP contribution is 2.59. The number of hydrogen-bond acceptors (Lipinski definition) is 5. The van der Waals surface area contributed by atoms with Crippen molar-refractivity contribution in [3.8, 4) is 0 Å². The van der Waals surface area contributed by atoms with Crippen LogP contribution in [0.1, 0.15) is 28.8 Å². The van der Waals surface area contributed by atoms with E-state index in [-0.39, 0.29) is 17.8 Å². The van der Waals surface area contributed by atoms with Crippen LogP contribution in [0.25, 0.3) is 0 Å². The van der Waals surface area contributed by atoms with Crippen LogP contribution in [0.15, 0.2) is 108 Å². The van der Waals surface area contributed by atoms with E-state index in [0.717, 1.165) is 0 Å². The van der Waals surface area contributed by atoms with Gasteiger partial charge in [-0.3, -0.25) is 14.9 Å². The lowest BCUT2D eigenvalue weighted by molar-refractivity contribution is -0.384. The van der Waals surface area contributed by atoms with Gasteiger partial charge in [0.1, 0.15) is 5.76 Å². The molecule has 8 heteroatoms. The Morgan fingerprint density at radius 2 is 1.47 bits per heavy atom. The lowest BCUT2D eigenvalue weighted by Gasteiger charge is -2.36. The number of nitro groups is 1. The molecule has 0 saturated heterocycles. The van der Waals surface area contributed by atoms with Crippen LogP contribution in [0, 0.1) is 10.1 Å². The van der Waals surface area contributed by atoms with Gasteiger partial charge < -0.3 is 13.9 Å². The molecule has 1 amide bonds. The first-order valence-electron chi connectivity index (χ1n) is 10.8. The molecule has 4 rings (SSSR count). The van der Waals surface area contributed by atoms with Crippen LogP contribution in [0.4, 0.5) is 5.69 Å². The Morgan fingerprint density at radius 1 is 0.912 bits per heavy atom. The molecule has 0 saturated carbocycles. The Balaban J connectivity index is 1.90. The van der Waals surface area contributed by atoms with Gasteiger partial charge in [0.15, 0.2) is 12.9 Å². The maximum absolute atomic E-state index is 15.2. The van der Waals surface area contributed by atoms with Crippen LogP contribution >= 0.6 is 7.14 Å². The quantitative estimate of drug-likeness (QED) is 0.195. The summed E-state index contributed by atoms with van der Waals surface area (Å²) >= 11 is 0. The molecule has 0 aliphatic rings. The van der Waals surface area contributed by atoms with Crippen LogP contribution < -0.4 is 10.6 Å². The smallest absolute Gasteiger partial charge is 0.269 e. The standard InChI is InChI=1S/C26H23N2O5P/c1-2-27(25(29)20-15-17-21(18-16-20)28(30)31)26(24-14-9-19-33-24)34(32,22-10-5-3-6-11-22)23-12-7-4-8-13-23/h3-19,26H,2H2,1H3/t26-/m0/s1. The molecule has 172 valence electrons. The number of carbonyl (C=O) groups is 1. The van der Waals surface area contributed by atoms with Crippen LogP contribution in [0.5, 0.6) is 0 Å². The first-order valence-corrected chi connectivity index (χ1v) is 12.5. The highest BCUT2D eigenvalue weighted by molar-refractivity contribution is 7.79. The van der Waals surface area contributed by atoms with Crippen LogP contribution in [-0.4, -0.2) is 22.3 Å². The zero-order valence-corrected chi connectivity index (χ0v) is 19.4. The van der Waals surface area contributed by atoms with Crippen molar-refractivity contribution in [1.82, 2.24) is 4.90 Å². The summed E-state index contributed by atoms with van der Waals surface area (Å²) in [5.41, 5.74) is 0.151. The molecule has 0 aliphatic heterocycles. The summed E-state index contributed by atoms with van der Waals surface area (Å²) in [7, 11) is -3.49. The minimum absolute atomic E-state index is 0.110. The molecule has 1 aromatic heterocycles. The Hall–Kier alpha value is -3.96. The highest BCUT2D eigenvalue weighted by atomic mass is 31.2. The molecule has 0 aliphatic carbocycles. The first-order chi connectivity index (χ1) is 16.5. The summed E-state index contributed by atoms with van der Waals surface area (Å²) in [6.07, 6.45) is 1.49. The lowest BCUT2D eigenvalue weighted by Crippen LogP contribution is -2.38. The summed E-state index contributed by atoms with van der Waals surface area (Å²) < 4.78 is 20.9. The van der Waals surface area contributed by atoms with E-state index in [4.69, 9.17) is 4.42 Å². The zero-order chi connectivity index (χ0) is 24.1. The maximum Gasteiger partial charge on any atom is 0.269 e. The van der Waals surface area contributed by atoms with Gasteiger partial charge in [0.05, 0.1) is 11.2 Å². The molecule has 7 nitrogen and oxygen atoms in total. The van der Waals surface area contributed by atoms with E-state index in [9.17, 15) is 14.9 Å². The zero-order valence-electron chi connectivity index (χ0n) is 18.5.